The van der Waals surface area contributed by atoms with Crippen LogP contribution in [0.5, 0.6) is 0 Å². The van der Waals surface area contributed by atoms with Gasteiger partial charge in [0.2, 0.25) is 23.6 Å². The number of alkyl halides is 1. The van der Waals surface area contributed by atoms with Crippen molar-refractivity contribution in [2.45, 2.75) is 75.1 Å². The Morgan fingerprint density at radius 3 is 1.13 bits per heavy atom. The monoisotopic (exact) mass is 2040 g/mol. The van der Waals surface area contributed by atoms with E-state index in [1.54, 1.807) is 99.4 Å². The Labute approximate surface area is 842 Å². The lowest BCUT2D eigenvalue weighted by molar-refractivity contribution is -0.124. The number of carboxylic acids is 1. The van der Waals surface area contributed by atoms with Crippen molar-refractivity contribution < 1.29 is 53.2 Å². The van der Waals surface area contributed by atoms with E-state index < -0.39 is 17.3 Å². The van der Waals surface area contributed by atoms with Crippen LogP contribution in [-0.2, 0) is 19.1 Å². The van der Waals surface area contributed by atoms with Gasteiger partial charge in [-0.2, -0.15) is 0 Å². The number of aromatic nitrogens is 20. The van der Waals surface area contributed by atoms with E-state index in [1.807, 2.05) is 240 Å². The molecule has 41 nitrogen and oxygen atoms in total. The highest BCUT2D eigenvalue weighted by Gasteiger charge is 2.20. The minimum Gasteiger partial charge on any atom is -0.478 e. The molecule has 0 aliphatic heterocycles. The number of rotatable bonds is 16. The number of methoxy groups -OCH3 is 2. The van der Waals surface area contributed by atoms with E-state index in [1.165, 1.54) is 52.7 Å². The Hall–Kier alpha value is -17.8. The van der Waals surface area contributed by atoms with Crippen LogP contribution in [0.25, 0.3) is 62.4 Å². The summed E-state index contributed by atoms with van der Waals surface area (Å²) in [7, 11) is 6.43. The third kappa shape index (κ3) is 34.1. The summed E-state index contributed by atoms with van der Waals surface area (Å²) in [4.78, 5) is 143. The molecule has 0 saturated carbocycles. The van der Waals surface area contributed by atoms with Gasteiger partial charge in [-0.15, -0.1) is 24.0 Å². The molecule has 0 fully saturated rings. The summed E-state index contributed by atoms with van der Waals surface area (Å²) in [5, 5.41) is 27.6. The molecule has 0 saturated heterocycles. The van der Waals surface area contributed by atoms with Crippen molar-refractivity contribution in [3.8, 4) is 34.2 Å². The molecular weight excluding hydrogens is 1940 g/mol. The summed E-state index contributed by atoms with van der Waals surface area (Å²) < 4.78 is 19.4. The van der Waals surface area contributed by atoms with Crippen LogP contribution in [0.3, 0.4) is 0 Å². The molecule has 0 bridgehead atoms. The SMILES string of the molecule is C.CC(=O)C(Cl)C(C)=O.CC(=O)c1c(C)nc2ccccn12.CCO.COC(=O)c1ccc(Br)nc1.COC(=O)c1ccc(Nc2nccc(-c3c(C)nc4ccccn34)n2)nc1.Cc1nc2ccccn2c1-c1ccnc(N)n1.Cc1nc2ccccn2c1-c1ccnc(Nc2ccc(C(=O)O)cn2)n1.Cc1nc2ccccn2c1C(=O)/C=C/N(C)C.Cl.N=C(N)N.Nc1ccccc1N.Nc1ccccn1. The van der Waals surface area contributed by atoms with Crippen molar-refractivity contribution in [3.63, 3.8) is 0 Å². The lowest BCUT2D eigenvalue weighted by Crippen LogP contribution is -2.20. The molecule has 44 heteroatoms. The van der Waals surface area contributed by atoms with E-state index in [0.717, 1.165) is 90.9 Å². The molecule has 0 radical (unpaired) electrons. The third-order valence-corrected chi connectivity index (χ3v) is 19.6. The molecule has 143 heavy (non-hydrogen) atoms. The number of nitrogens with two attached hydrogens (primary N) is 6. The van der Waals surface area contributed by atoms with E-state index in [9.17, 15) is 33.6 Å². The lowest BCUT2D eigenvalue weighted by Gasteiger charge is -2.07. The van der Waals surface area contributed by atoms with Gasteiger partial charge in [-0.25, -0.2) is 89.1 Å². The fourth-order valence-electron chi connectivity index (χ4n) is 12.4. The third-order valence-electron chi connectivity index (χ3n) is 18.5. The molecule has 0 spiro atoms. The molecule has 18 aromatic rings. The molecule has 742 valence electrons. The maximum atomic E-state index is 12.1. The van der Waals surface area contributed by atoms with Crippen LogP contribution in [-0.4, -0.2) is 199 Å². The van der Waals surface area contributed by atoms with Gasteiger partial charge >= 0.3 is 17.9 Å². The van der Waals surface area contributed by atoms with Crippen LogP contribution in [0.15, 0.2) is 279 Å². The Kier molecular flexibility index (Phi) is 45.3. The van der Waals surface area contributed by atoms with Crippen molar-refractivity contribution in [2.24, 2.45) is 11.5 Å². The fraction of sp³-hybridized carbons (Fsp3) is 0.162. The molecule has 0 aliphatic carbocycles. The number of allylic oxidation sites excluding steroid dienone is 1. The number of hydrogen-bond donors (Lipinski definition) is 11. The molecular formula is C99H109BrCl2N30O11. The number of fused-ring (bicyclic) bond motifs is 5. The molecule has 0 aliphatic rings. The number of imidazole rings is 5. The number of esters is 2. The van der Waals surface area contributed by atoms with E-state index in [0.29, 0.717) is 67.8 Å². The van der Waals surface area contributed by atoms with Crippen LogP contribution in [0.2, 0.25) is 0 Å². The van der Waals surface area contributed by atoms with Gasteiger partial charge in [-0.05, 0) is 211 Å². The van der Waals surface area contributed by atoms with E-state index >= 15 is 0 Å². The number of aromatic carboxylic acids is 1. The van der Waals surface area contributed by atoms with Crippen LogP contribution < -0.4 is 45.0 Å². The maximum absolute atomic E-state index is 12.1. The number of benzene rings is 1. The Balaban J connectivity index is 0.000000252. The van der Waals surface area contributed by atoms with Crippen molar-refractivity contribution in [1.29, 1.82) is 5.41 Å². The minimum atomic E-state index is -1.02. The standard InChI is InChI=1S/C19H16N6O2.C18H14N6O2.C13H15N3O.C12H11N5.C10H10N2O.C7H6BrNO2.C6H8N2.C5H7ClO2.C5H6N2.C2H6O.CH5N3.CH4.ClH/c1-12-17(25-10-4-3-5-16(25)22-12)14-8-9-20-19(23-14)24-15-7-6-13(11-21-15)18(26)27-2;1-11-16(24-9-3-2-4-15(24)21-11)13-7-8-19-18(22-13)23-14-6-5-12(10-20-14)17(25)26;1-10-13(11(17)7-9-15(2)3)16-8-5-4-6-12(16)14-10;1-8-11(9-5-6-14-12(13)16-9)17-7-3-2-4-10(17)15-8;1-7-10(8(2)13)12-6-4-3-5-9(12)11-7;1-11-7(10)5-2-3-6(8)9-4-5;7-5-3-1-2-4-6(5)8;1-3(7)5(6)4(2)8;6-5-3-1-2-4-7-5;1-2-3;2-1(3)4;;/h3-11H,1-2H3,(H,20,21,23,24);2-10H,1H3,(H,25,26)(H,19,20,22,23);4-9H,1-3H3;2-7H,1H3,(H2,13,14,16);3-6H,1-2H3;2-4H,1H3;1-4H,7-8H2;5H,1-2H3;1-4H,(H2,6,7);3H,2H2,1H3;(H5,2,3,4);1H4;1H/b;;9-7+;;;;;;;;;;. The molecule has 17 N–H and O–H groups in total. The molecule has 0 unspecified atom stereocenters. The number of halogens is 3. The first-order valence-corrected chi connectivity index (χ1v) is 43.6. The van der Waals surface area contributed by atoms with Gasteiger partial charge in [0.25, 0.3) is 0 Å². The summed E-state index contributed by atoms with van der Waals surface area (Å²) in [5.41, 5.74) is 47.6. The predicted octanol–water partition coefficient (Wildman–Crippen LogP) is 15.2. The van der Waals surface area contributed by atoms with Gasteiger partial charge in [0.05, 0.1) is 105 Å². The summed E-state index contributed by atoms with van der Waals surface area (Å²) in [6, 6.07) is 56.7. The number of pyridine rings is 9. The number of carbonyl (C=O) groups excluding carboxylic acids is 6. The minimum absolute atomic E-state index is 0. The number of Topliss-reactive ketones (excluding diaryl/α,β-unsaturated/α-hetero) is 3. The zero-order valence-corrected chi connectivity index (χ0v) is 82.5. The van der Waals surface area contributed by atoms with E-state index in [-0.39, 0.29) is 73.0 Å². The molecule has 17 heterocycles. The first kappa shape index (κ1) is 114. The summed E-state index contributed by atoms with van der Waals surface area (Å²) in [5.74, 6) is -0.137. The van der Waals surface area contributed by atoms with Crippen molar-refractivity contribution in [1.82, 2.24) is 102 Å². The second-order valence-corrected chi connectivity index (χ2v) is 30.7. The number of hydrogen-bond acceptors (Lipinski definition) is 33. The number of nitrogens with zero attached hydrogens (tertiary/aromatic N) is 21. The highest BCUT2D eigenvalue weighted by molar-refractivity contribution is 9.10. The summed E-state index contributed by atoms with van der Waals surface area (Å²) in [6.07, 6.45) is 23.7. The van der Waals surface area contributed by atoms with Gasteiger partial charge in [0, 0.05) is 114 Å². The number of aryl methyl sites for hydroxylation is 5. The van der Waals surface area contributed by atoms with Crippen molar-refractivity contribution >= 4 is 162 Å². The number of anilines is 8. The smallest absolute Gasteiger partial charge is 0.339 e. The van der Waals surface area contributed by atoms with Gasteiger partial charge in [-0.3, -0.25) is 46.6 Å². The van der Waals surface area contributed by atoms with Gasteiger partial charge in [0.1, 0.15) is 67.1 Å². The van der Waals surface area contributed by atoms with Crippen molar-refractivity contribution in [3.05, 3.63) is 336 Å². The Bertz CT molecular complexity index is 7270. The quantitative estimate of drug-likeness (QED) is 0.00492. The fourth-order valence-corrected chi connectivity index (χ4v) is 12.7. The second kappa shape index (κ2) is 56.8. The first-order chi connectivity index (χ1) is 67.4. The predicted molar refractivity (Wildman–Crippen MR) is 559 cm³/mol. The zero-order valence-electron chi connectivity index (χ0n) is 79.4. The number of ketones is 4. The topological polar surface area (TPSA) is 601 Å². The maximum Gasteiger partial charge on any atom is 0.339 e. The molecule has 1 aromatic carbocycles. The second-order valence-electron chi connectivity index (χ2n) is 29.4. The Morgan fingerprint density at radius 1 is 0.462 bits per heavy atom. The van der Waals surface area contributed by atoms with Crippen LogP contribution in [0, 0.1) is 40.0 Å². The normalized spacial score (nSPS) is 10.0. The molecule has 17 aromatic heterocycles. The van der Waals surface area contributed by atoms with Gasteiger partial charge < -0.3 is 69.6 Å². The summed E-state index contributed by atoms with van der Waals surface area (Å²) >= 11 is 8.40. The van der Waals surface area contributed by atoms with E-state index in [2.05, 4.69) is 122 Å². The largest absolute Gasteiger partial charge is 0.478 e. The number of nitrogen functional groups attached to an aromatic ring is 4. The van der Waals surface area contributed by atoms with Crippen molar-refractivity contribution in [2.75, 3.05) is 68.5 Å². The van der Waals surface area contributed by atoms with E-state index in [4.69, 9.17) is 50.2 Å². The number of carboxylic acid groups (broad SMARTS) is 1. The highest BCUT2D eigenvalue weighted by atomic mass is 79.9. The average Bonchev–Trinajstić information content (AvgIpc) is 1.59. The number of aliphatic hydroxyl groups is 1. The Morgan fingerprint density at radius 2 is 0.811 bits per heavy atom. The number of nitrogens with one attached hydrogen (secondary N) is 3. The molecule has 0 amide bonds. The number of ether oxygens (including phenoxy) is 2. The lowest BCUT2D eigenvalue weighted by atomic mass is 10.2. The number of guanidine groups is 1. The number of carbonyl (C=O) groups is 7. The molecule has 18 rings (SSSR count). The first-order valence-electron chi connectivity index (χ1n) is 42.4. The van der Waals surface area contributed by atoms with Crippen LogP contribution in [0.4, 0.5) is 46.7 Å². The van der Waals surface area contributed by atoms with Gasteiger partial charge in [0.15, 0.2) is 23.3 Å². The van der Waals surface area contributed by atoms with Crippen LogP contribution >= 0.6 is 39.9 Å². The zero-order chi connectivity index (χ0) is 103. The summed E-state index contributed by atoms with van der Waals surface area (Å²) in [6.45, 7) is 15.6. The number of aliphatic hydroxyl groups excluding tert-OH is 1. The highest BCUT2D eigenvalue weighted by Crippen LogP contribution is 2.28. The van der Waals surface area contributed by atoms with Gasteiger partial charge in [-0.1, -0.05) is 56.0 Å². The average molecular weight is 2050 g/mol. The number of para-hydroxylation sites is 2. The molecule has 0 atom stereocenters. The van der Waals surface area contributed by atoms with Crippen LogP contribution in [0.1, 0.15) is 116 Å².